The first kappa shape index (κ1) is 10.8. The van der Waals surface area contributed by atoms with E-state index in [9.17, 15) is 13.2 Å². The van der Waals surface area contributed by atoms with E-state index in [4.69, 9.17) is 0 Å². The molecular weight excluding hydrogens is 241 g/mol. The number of rotatable bonds is 1. The van der Waals surface area contributed by atoms with Gasteiger partial charge in [-0.15, -0.1) is 0 Å². The molecular formula is C13H7F3N2. The Bertz CT molecular complexity index is 714. The molecule has 0 atom stereocenters. The van der Waals surface area contributed by atoms with Crippen LogP contribution in [0.1, 0.15) is 0 Å². The van der Waals surface area contributed by atoms with Crippen LogP contribution < -0.4 is 0 Å². The van der Waals surface area contributed by atoms with Gasteiger partial charge in [0.25, 0.3) is 0 Å². The van der Waals surface area contributed by atoms with Crippen molar-refractivity contribution in [3.05, 3.63) is 60.2 Å². The number of aromatic nitrogens is 2. The van der Waals surface area contributed by atoms with E-state index in [0.717, 1.165) is 6.07 Å². The zero-order chi connectivity index (χ0) is 12.7. The van der Waals surface area contributed by atoms with Gasteiger partial charge in [-0.05, 0) is 24.3 Å². The van der Waals surface area contributed by atoms with Gasteiger partial charge in [0, 0.05) is 24.0 Å². The Hall–Kier alpha value is -2.30. The van der Waals surface area contributed by atoms with Crippen LogP contribution in [0.5, 0.6) is 0 Å². The van der Waals surface area contributed by atoms with Crippen LogP contribution in [0.2, 0.25) is 0 Å². The lowest BCUT2D eigenvalue weighted by Crippen LogP contribution is -1.83. The summed E-state index contributed by atoms with van der Waals surface area (Å²) in [6.45, 7) is 0. The van der Waals surface area contributed by atoms with Crippen molar-refractivity contribution in [3.63, 3.8) is 0 Å². The van der Waals surface area contributed by atoms with Crippen molar-refractivity contribution >= 4 is 5.65 Å². The number of pyridine rings is 1. The van der Waals surface area contributed by atoms with Crippen molar-refractivity contribution in [2.45, 2.75) is 0 Å². The smallest absolute Gasteiger partial charge is 0.139 e. The van der Waals surface area contributed by atoms with Crippen molar-refractivity contribution in [2.24, 2.45) is 0 Å². The molecule has 1 aromatic carbocycles. The highest BCUT2D eigenvalue weighted by atomic mass is 19.1. The van der Waals surface area contributed by atoms with E-state index in [1.54, 1.807) is 0 Å². The van der Waals surface area contributed by atoms with Crippen LogP contribution in [0.15, 0.2) is 42.7 Å². The molecule has 0 aliphatic rings. The van der Waals surface area contributed by atoms with Crippen LogP contribution in [0.25, 0.3) is 16.9 Å². The molecule has 2 aromatic heterocycles. The van der Waals surface area contributed by atoms with Crippen molar-refractivity contribution in [2.75, 3.05) is 0 Å². The Labute approximate surface area is 100 Å². The highest BCUT2D eigenvalue weighted by Gasteiger charge is 2.08. The third-order valence-corrected chi connectivity index (χ3v) is 2.57. The van der Waals surface area contributed by atoms with E-state index in [1.807, 2.05) is 0 Å². The molecule has 0 saturated heterocycles. The Kier molecular flexibility index (Phi) is 2.33. The van der Waals surface area contributed by atoms with Gasteiger partial charge in [-0.2, -0.15) is 0 Å². The van der Waals surface area contributed by atoms with Crippen molar-refractivity contribution < 1.29 is 13.2 Å². The molecule has 3 rings (SSSR count). The maximum absolute atomic E-state index is 13.1. The molecule has 90 valence electrons. The zero-order valence-corrected chi connectivity index (χ0v) is 9.07. The van der Waals surface area contributed by atoms with E-state index < -0.39 is 17.5 Å². The molecule has 2 nitrogen and oxygen atoms in total. The lowest BCUT2D eigenvalue weighted by atomic mass is 10.1. The van der Waals surface area contributed by atoms with Crippen LogP contribution in [0.3, 0.4) is 0 Å². The number of nitrogens with zero attached hydrogens (tertiary/aromatic N) is 2. The summed E-state index contributed by atoms with van der Waals surface area (Å²) < 4.78 is 40.7. The summed E-state index contributed by atoms with van der Waals surface area (Å²) in [4.78, 5) is 4.17. The van der Waals surface area contributed by atoms with E-state index >= 15 is 0 Å². The van der Waals surface area contributed by atoms with E-state index in [-0.39, 0.29) is 0 Å². The molecule has 0 bridgehead atoms. The minimum absolute atomic E-state index is 0.316. The first-order valence-corrected chi connectivity index (χ1v) is 5.22. The van der Waals surface area contributed by atoms with Crippen LogP contribution in [0, 0.1) is 17.5 Å². The third kappa shape index (κ3) is 1.84. The number of imidazole rings is 1. The quantitative estimate of drug-likeness (QED) is 0.645. The Morgan fingerprint density at radius 1 is 0.833 bits per heavy atom. The van der Waals surface area contributed by atoms with E-state index in [0.29, 0.717) is 16.9 Å². The van der Waals surface area contributed by atoms with Gasteiger partial charge in [0.05, 0.1) is 5.69 Å². The molecule has 0 amide bonds. The number of benzene rings is 1. The fourth-order valence-electron chi connectivity index (χ4n) is 1.81. The van der Waals surface area contributed by atoms with Gasteiger partial charge < -0.3 is 4.40 Å². The maximum atomic E-state index is 13.1. The summed E-state index contributed by atoms with van der Waals surface area (Å²) in [5.74, 6) is -1.75. The summed E-state index contributed by atoms with van der Waals surface area (Å²) in [5.41, 5.74) is 1.21. The molecule has 0 fully saturated rings. The molecule has 2 heterocycles. The molecule has 3 aromatic rings. The number of fused-ring (bicyclic) bond motifs is 1. The monoisotopic (exact) mass is 248 g/mol. The first-order valence-electron chi connectivity index (χ1n) is 5.22. The summed E-state index contributed by atoms with van der Waals surface area (Å²) in [5, 5.41) is 0. The summed E-state index contributed by atoms with van der Waals surface area (Å²) >= 11 is 0. The summed E-state index contributed by atoms with van der Waals surface area (Å²) in [6.07, 6.45) is 2.77. The topological polar surface area (TPSA) is 17.3 Å². The van der Waals surface area contributed by atoms with Crippen LogP contribution >= 0.6 is 0 Å². The summed E-state index contributed by atoms with van der Waals surface area (Å²) in [6, 6.07) is 5.92. The van der Waals surface area contributed by atoms with Gasteiger partial charge in [-0.3, -0.25) is 0 Å². The van der Waals surface area contributed by atoms with E-state index in [2.05, 4.69) is 4.98 Å². The molecule has 0 N–H and O–H groups in total. The molecule has 0 saturated carbocycles. The molecule has 5 heteroatoms. The maximum Gasteiger partial charge on any atom is 0.139 e. The Balaban J connectivity index is 2.19. The molecule has 0 aliphatic heterocycles. The number of halogens is 3. The third-order valence-electron chi connectivity index (χ3n) is 2.57. The number of hydrogen-bond donors (Lipinski definition) is 0. The fraction of sp³-hybridized carbons (Fsp3) is 0. The van der Waals surface area contributed by atoms with Gasteiger partial charge in [-0.25, -0.2) is 18.2 Å². The lowest BCUT2D eigenvalue weighted by Gasteiger charge is -1.96. The minimum atomic E-state index is -0.673. The van der Waals surface area contributed by atoms with Crippen molar-refractivity contribution in [1.29, 1.82) is 0 Å². The van der Waals surface area contributed by atoms with E-state index in [1.165, 1.54) is 41.1 Å². The second-order valence-electron chi connectivity index (χ2n) is 3.90. The highest BCUT2D eigenvalue weighted by molar-refractivity contribution is 5.62. The average molecular weight is 248 g/mol. The second kappa shape index (κ2) is 3.87. The minimum Gasteiger partial charge on any atom is -0.304 e. The van der Waals surface area contributed by atoms with Gasteiger partial charge in [0.15, 0.2) is 0 Å². The lowest BCUT2D eigenvalue weighted by molar-refractivity contribution is 0.584. The van der Waals surface area contributed by atoms with Gasteiger partial charge >= 0.3 is 0 Å². The van der Waals surface area contributed by atoms with Crippen LogP contribution in [-0.4, -0.2) is 9.38 Å². The molecule has 0 aliphatic carbocycles. The first-order chi connectivity index (χ1) is 8.61. The molecule has 0 spiro atoms. The average Bonchev–Trinajstić information content (AvgIpc) is 2.70. The molecule has 0 unspecified atom stereocenters. The van der Waals surface area contributed by atoms with Crippen molar-refractivity contribution in [3.8, 4) is 11.3 Å². The van der Waals surface area contributed by atoms with Crippen LogP contribution in [-0.2, 0) is 0 Å². The van der Waals surface area contributed by atoms with Crippen molar-refractivity contribution in [1.82, 2.24) is 9.38 Å². The zero-order valence-electron chi connectivity index (χ0n) is 9.07. The standard InChI is InChI=1S/C13H7F3N2/c14-9-1-2-13-17-12(7-18(13)6-9)8-3-10(15)5-11(16)4-8/h1-7H. The SMILES string of the molecule is Fc1cc(F)cc(-c2cn3cc(F)ccc3n2)c1. The number of hydrogen-bond acceptors (Lipinski definition) is 1. The Morgan fingerprint density at radius 2 is 1.56 bits per heavy atom. The Morgan fingerprint density at radius 3 is 2.28 bits per heavy atom. The van der Waals surface area contributed by atoms with Gasteiger partial charge in [0.1, 0.15) is 23.1 Å². The van der Waals surface area contributed by atoms with Gasteiger partial charge in [-0.1, -0.05) is 0 Å². The second-order valence-corrected chi connectivity index (χ2v) is 3.90. The normalized spacial score (nSPS) is 11.1. The highest BCUT2D eigenvalue weighted by Crippen LogP contribution is 2.21. The largest absolute Gasteiger partial charge is 0.304 e. The predicted octanol–water partition coefficient (Wildman–Crippen LogP) is 3.42. The molecule has 0 radical (unpaired) electrons. The van der Waals surface area contributed by atoms with Crippen LogP contribution in [0.4, 0.5) is 13.2 Å². The fourth-order valence-corrected chi connectivity index (χ4v) is 1.81. The summed E-state index contributed by atoms with van der Waals surface area (Å²) in [7, 11) is 0. The predicted molar refractivity (Wildman–Crippen MR) is 60.5 cm³/mol. The molecule has 18 heavy (non-hydrogen) atoms. The van der Waals surface area contributed by atoms with Gasteiger partial charge in [0.2, 0.25) is 0 Å².